The van der Waals surface area contributed by atoms with Crippen LogP contribution in [0.15, 0.2) is 12.2 Å². The third-order valence-corrected chi connectivity index (χ3v) is 3.37. The lowest BCUT2D eigenvalue weighted by Crippen LogP contribution is -2.08. The number of rotatable bonds is 3. The second-order valence-corrected chi connectivity index (χ2v) is 4.34. The Morgan fingerprint density at radius 2 is 2.50 bits per heavy atom. The standard InChI is InChI=1S/C9H14O2S/c1-7(9(10)11-2)6-8-4-3-5-12-8/h8H,1,3-6H2,2H3. The van der Waals surface area contributed by atoms with E-state index < -0.39 is 0 Å². The summed E-state index contributed by atoms with van der Waals surface area (Å²) in [4.78, 5) is 11.0. The zero-order valence-electron chi connectivity index (χ0n) is 7.34. The van der Waals surface area contributed by atoms with Gasteiger partial charge in [0.2, 0.25) is 0 Å². The van der Waals surface area contributed by atoms with E-state index >= 15 is 0 Å². The lowest BCUT2D eigenvalue weighted by atomic mass is 10.1. The maximum absolute atomic E-state index is 11.0. The fraction of sp³-hybridized carbons (Fsp3) is 0.667. The molecule has 1 aliphatic heterocycles. The molecule has 1 saturated heterocycles. The van der Waals surface area contributed by atoms with Gasteiger partial charge in [0.25, 0.3) is 0 Å². The maximum Gasteiger partial charge on any atom is 0.333 e. The van der Waals surface area contributed by atoms with Gasteiger partial charge < -0.3 is 4.74 Å². The van der Waals surface area contributed by atoms with Crippen LogP contribution in [-0.2, 0) is 9.53 Å². The molecule has 0 aliphatic carbocycles. The molecule has 0 bridgehead atoms. The van der Waals surface area contributed by atoms with Crippen molar-refractivity contribution < 1.29 is 9.53 Å². The molecule has 0 amide bonds. The molecule has 0 N–H and O–H groups in total. The van der Waals surface area contributed by atoms with Crippen molar-refractivity contribution in [2.45, 2.75) is 24.5 Å². The minimum Gasteiger partial charge on any atom is -0.466 e. The van der Waals surface area contributed by atoms with Crippen LogP contribution in [-0.4, -0.2) is 24.1 Å². The molecule has 1 aliphatic rings. The SMILES string of the molecule is C=C(CC1CCCS1)C(=O)OC. The number of esters is 1. The van der Waals surface area contributed by atoms with Crippen LogP contribution in [0.1, 0.15) is 19.3 Å². The normalized spacial score (nSPS) is 22.2. The van der Waals surface area contributed by atoms with Crippen molar-refractivity contribution in [2.24, 2.45) is 0 Å². The van der Waals surface area contributed by atoms with Crippen LogP contribution in [0.3, 0.4) is 0 Å². The fourth-order valence-electron chi connectivity index (χ4n) is 1.31. The topological polar surface area (TPSA) is 26.3 Å². The first-order valence-corrected chi connectivity index (χ1v) is 5.16. The molecule has 0 aromatic carbocycles. The molecule has 1 heterocycles. The zero-order chi connectivity index (χ0) is 8.97. The summed E-state index contributed by atoms with van der Waals surface area (Å²) in [5, 5.41) is 0.594. The average Bonchev–Trinajstić information content (AvgIpc) is 2.55. The van der Waals surface area contributed by atoms with E-state index in [2.05, 4.69) is 11.3 Å². The van der Waals surface area contributed by atoms with E-state index in [0.29, 0.717) is 10.8 Å². The summed E-state index contributed by atoms with van der Waals surface area (Å²) in [6.07, 6.45) is 3.27. The number of ether oxygens (including phenoxy) is 1. The Hall–Kier alpha value is -0.440. The molecule has 0 saturated carbocycles. The Morgan fingerprint density at radius 3 is 3.00 bits per heavy atom. The van der Waals surface area contributed by atoms with Crippen LogP contribution >= 0.6 is 11.8 Å². The fourth-order valence-corrected chi connectivity index (χ4v) is 2.63. The molecular formula is C9H14O2S. The Morgan fingerprint density at radius 1 is 1.75 bits per heavy atom. The molecule has 2 nitrogen and oxygen atoms in total. The highest BCUT2D eigenvalue weighted by Gasteiger charge is 2.19. The Labute approximate surface area is 77.4 Å². The maximum atomic E-state index is 11.0. The molecule has 68 valence electrons. The minimum absolute atomic E-state index is 0.262. The lowest BCUT2D eigenvalue weighted by Gasteiger charge is -2.08. The van der Waals surface area contributed by atoms with E-state index in [1.54, 1.807) is 0 Å². The molecule has 0 aromatic heterocycles. The van der Waals surface area contributed by atoms with Crippen LogP contribution in [0.2, 0.25) is 0 Å². The molecule has 1 fully saturated rings. The van der Waals surface area contributed by atoms with E-state index in [-0.39, 0.29) is 5.97 Å². The van der Waals surface area contributed by atoms with Crippen molar-refractivity contribution in [1.82, 2.24) is 0 Å². The van der Waals surface area contributed by atoms with Crippen molar-refractivity contribution in [3.8, 4) is 0 Å². The average molecular weight is 186 g/mol. The van der Waals surface area contributed by atoms with Crippen LogP contribution < -0.4 is 0 Å². The van der Waals surface area contributed by atoms with Gasteiger partial charge in [-0.3, -0.25) is 0 Å². The zero-order valence-corrected chi connectivity index (χ0v) is 8.15. The molecule has 0 radical (unpaired) electrons. The summed E-state index contributed by atoms with van der Waals surface area (Å²) in [6, 6.07) is 0. The molecule has 12 heavy (non-hydrogen) atoms. The Kier molecular flexibility index (Phi) is 3.66. The van der Waals surface area contributed by atoms with Gasteiger partial charge in [0.05, 0.1) is 7.11 Å². The molecular weight excluding hydrogens is 172 g/mol. The highest BCUT2D eigenvalue weighted by atomic mass is 32.2. The van der Waals surface area contributed by atoms with Gasteiger partial charge in [0.1, 0.15) is 0 Å². The largest absolute Gasteiger partial charge is 0.466 e. The molecule has 0 spiro atoms. The number of hydrogen-bond donors (Lipinski definition) is 0. The Bertz CT molecular complexity index is 183. The van der Waals surface area contributed by atoms with Crippen molar-refractivity contribution in [1.29, 1.82) is 0 Å². The minimum atomic E-state index is -0.262. The molecule has 1 atom stereocenters. The molecule has 1 unspecified atom stereocenters. The van der Waals surface area contributed by atoms with E-state index in [9.17, 15) is 4.79 Å². The first-order chi connectivity index (χ1) is 5.74. The summed E-state index contributed by atoms with van der Waals surface area (Å²) in [5.74, 6) is 0.960. The predicted octanol–water partition coefficient (Wildman–Crippen LogP) is 2.00. The van der Waals surface area contributed by atoms with E-state index in [1.165, 1.54) is 25.7 Å². The van der Waals surface area contributed by atoms with Gasteiger partial charge in [0.15, 0.2) is 0 Å². The van der Waals surface area contributed by atoms with E-state index in [4.69, 9.17) is 0 Å². The second-order valence-electron chi connectivity index (χ2n) is 2.93. The lowest BCUT2D eigenvalue weighted by molar-refractivity contribution is -0.136. The monoisotopic (exact) mass is 186 g/mol. The van der Waals surface area contributed by atoms with Gasteiger partial charge in [0, 0.05) is 10.8 Å². The number of hydrogen-bond acceptors (Lipinski definition) is 3. The smallest absolute Gasteiger partial charge is 0.333 e. The van der Waals surface area contributed by atoms with E-state index in [0.717, 1.165) is 6.42 Å². The summed E-state index contributed by atoms with van der Waals surface area (Å²) < 4.78 is 4.57. The van der Waals surface area contributed by atoms with Gasteiger partial charge in [-0.2, -0.15) is 11.8 Å². The van der Waals surface area contributed by atoms with Gasteiger partial charge in [-0.1, -0.05) is 6.58 Å². The van der Waals surface area contributed by atoms with Crippen LogP contribution in [0.4, 0.5) is 0 Å². The second kappa shape index (κ2) is 4.55. The quantitative estimate of drug-likeness (QED) is 0.498. The van der Waals surface area contributed by atoms with Crippen molar-refractivity contribution in [2.75, 3.05) is 12.9 Å². The first kappa shape index (κ1) is 9.65. The van der Waals surface area contributed by atoms with Crippen LogP contribution in [0.25, 0.3) is 0 Å². The summed E-state index contributed by atoms with van der Waals surface area (Å²) in [6.45, 7) is 3.70. The summed E-state index contributed by atoms with van der Waals surface area (Å²) >= 11 is 1.93. The van der Waals surface area contributed by atoms with Crippen LogP contribution in [0, 0.1) is 0 Å². The highest BCUT2D eigenvalue weighted by molar-refractivity contribution is 8.00. The van der Waals surface area contributed by atoms with Gasteiger partial charge in [-0.25, -0.2) is 4.79 Å². The number of thioether (sulfide) groups is 1. The third-order valence-electron chi connectivity index (χ3n) is 1.97. The van der Waals surface area contributed by atoms with Gasteiger partial charge in [-0.05, 0) is 25.0 Å². The summed E-state index contributed by atoms with van der Waals surface area (Å²) in [5.41, 5.74) is 0.608. The Balaban J connectivity index is 2.29. The third kappa shape index (κ3) is 2.55. The van der Waals surface area contributed by atoms with Crippen molar-refractivity contribution >= 4 is 17.7 Å². The summed E-state index contributed by atoms with van der Waals surface area (Å²) in [7, 11) is 1.40. The van der Waals surface area contributed by atoms with Crippen molar-refractivity contribution in [3.05, 3.63) is 12.2 Å². The number of carbonyl (C=O) groups excluding carboxylic acids is 1. The first-order valence-electron chi connectivity index (χ1n) is 4.11. The van der Waals surface area contributed by atoms with Gasteiger partial charge >= 0.3 is 5.97 Å². The van der Waals surface area contributed by atoms with Crippen LogP contribution in [0.5, 0.6) is 0 Å². The highest BCUT2D eigenvalue weighted by Crippen LogP contribution is 2.30. The molecule has 1 rings (SSSR count). The number of carbonyl (C=O) groups is 1. The predicted molar refractivity (Wildman–Crippen MR) is 51.3 cm³/mol. The molecule has 0 aromatic rings. The van der Waals surface area contributed by atoms with E-state index in [1.807, 2.05) is 11.8 Å². The van der Waals surface area contributed by atoms with Gasteiger partial charge in [-0.15, -0.1) is 0 Å². The number of methoxy groups -OCH3 is 1. The molecule has 3 heteroatoms. The van der Waals surface area contributed by atoms with Crippen molar-refractivity contribution in [3.63, 3.8) is 0 Å².